The molecule has 7 unspecified atom stereocenters. The number of rotatable bonds is 22. The Morgan fingerprint density at radius 2 is 1.64 bits per heavy atom. The molecule has 1 fully saturated rings. The van der Waals surface area contributed by atoms with Gasteiger partial charge in [-0.1, -0.05) is 25.6 Å². The number of nitrogen functional groups attached to an aromatic ring is 1. The zero-order valence-electron chi connectivity index (χ0n) is 28.9. The van der Waals surface area contributed by atoms with Gasteiger partial charge in [0.05, 0.1) is 19.5 Å². The minimum absolute atomic E-state index is 0.0124. The molecule has 56 heavy (non-hydrogen) atoms. The van der Waals surface area contributed by atoms with Crippen LogP contribution in [0.1, 0.15) is 26.5 Å². The van der Waals surface area contributed by atoms with Crippen molar-refractivity contribution in [1.29, 1.82) is 0 Å². The Bertz CT molecular complexity index is 1910. The maximum atomic E-state index is 12.6. The molecule has 2 amide bonds. The number of aromatic nitrogens is 4. The molecule has 2 aromatic heterocycles. The van der Waals surface area contributed by atoms with E-state index < -0.39 is 104 Å². The lowest BCUT2D eigenvalue weighted by molar-refractivity contribution is -0.137. The lowest BCUT2D eigenvalue weighted by atomic mass is 9.87. The Hall–Kier alpha value is -2.33. The summed E-state index contributed by atoms with van der Waals surface area (Å²) in [5.74, 6) is -1.65. The van der Waals surface area contributed by atoms with Crippen LogP contribution in [0.2, 0.25) is 0 Å². The molecule has 7 atom stereocenters. The number of nitrogens with two attached hydrogens (primary N) is 1. The number of fused-ring (bicyclic) bond motifs is 1. The number of aliphatic hydroxyl groups excluding tert-OH is 2. The average Bonchev–Trinajstić information content (AvgIpc) is 3.63. The number of phosphoric ester groups is 4. The Kier molecular flexibility index (Phi) is 16.8. The normalized spacial score (nSPS) is 22.0. The Morgan fingerprint density at radius 1 is 0.982 bits per heavy atom. The summed E-state index contributed by atoms with van der Waals surface area (Å²) in [5.41, 5.74) is 4.16. The molecule has 1 aliphatic heterocycles. The molecule has 12 N–H and O–H groups in total. The van der Waals surface area contributed by atoms with Gasteiger partial charge in [-0.3, -0.25) is 37.0 Å². The number of thioether (sulfide) groups is 1. The lowest BCUT2D eigenvalue weighted by Crippen LogP contribution is -2.46. The predicted octanol–water partition coefficient (Wildman–Crippen LogP) is -2.23. The topological polar surface area (TPSA) is 430 Å². The zero-order valence-corrected chi connectivity index (χ0v) is 33.3. The number of phosphoric acid groups is 4. The van der Waals surface area contributed by atoms with Gasteiger partial charge in [-0.25, -0.2) is 33.2 Å². The third-order valence-electron chi connectivity index (χ3n) is 7.12. The highest BCUT2D eigenvalue weighted by Crippen LogP contribution is 2.61. The van der Waals surface area contributed by atoms with Crippen molar-refractivity contribution in [3.63, 3.8) is 0 Å². The van der Waals surface area contributed by atoms with Gasteiger partial charge in [-0.05, 0) is 0 Å². The predicted molar refractivity (Wildman–Crippen MR) is 185 cm³/mol. The minimum atomic E-state index is -5.60. The van der Waals surface area contributed by atoms with Crippen LogP contribution in [0.25, 0.3) is 11.2 Å². The number of amides is 2. The zero-order chi connectivity index (χ0) is 42.3. The molecule has 33 heteroatoms. The van der Waals surface area contributed by atoms with E-state index in [1.807, 2.05) is 0 Å². The summed E-state index contributed by atoms with van der Waals surface area (Å²) in [4.78, 5) is 104. The monoisotopic (exact) mass is 905 g/mol. The summed E-state index contributed by atoms with van der Waals surface area (Å²) in [5, 5.41) is 25.3. The van der Waals surface area contributed by atoms with E-state index in [4.69, 9.17) is 29.3 Å². The molecule has 0 spiro atoms. The number of ether oxygens (including phenoxy) is 1. The fraction of sp³-hybridized carbons (Fsp3) is 0.652. The van der Waals surface area contributed by atoms with E-state index in [0.717, 1.165) is 17.2 Å². The summed E-state index contributed by atoms with van der Waals surface area (Å²) in [6.07, 6.45) is -7.22. The van der Waals surface area contributed by atoms with E-state index >= 15 is 0 Å². The Labute approximate surface area is 319 Å². The van der Waals surface area contributed by atoms with Gasteiger partial charge in [0.1, 0.15) is 42.9 Å². The number of carbonyl (C=O) groups excluding carboxylic acids is 3. The summed E-state index contributed by atoms with van der Waals surface area (Å²) < 4.78 is 76.5. The molecule has 0 bridgehead atoms. The molecule has 28 nitrogen and oxygen atoms in total. The Morgan fingerprint density at radius 3 is 2.29 bits per heavy atom. The largest absolute Gasteiger partial charge is 0.481 e. The second-order valence-electron chi connectivity index (χ2n) is 12.1. The number of aliphatic hydroxyl groups is 2. The first-order valence-electron chi connectivity index (χ1n) is 15.4. The third kappa shape index (κ3) is 15.1. The molecule has 0 aromatic carbocycles. The number of hydrogen-bond acceptors (Lipinski definition) is 20. The van der Waals surface area contributed by atoms with Gasteiger partial charge in [0.15, 0.2) is 17.7 Å². The van der Waals surface area contributed by atoms with Crippen LogP contribution < -0.4 is 16.4 Å². The van der Waals surface area contributed by atoms with Crippen LogP contribution in [0.15, 0.2) is 12.7 Å². The van der Waals surface area contributed by atoms with Crippen LogP contribution in [0, 0.1) is 5.41 Å². The summed E-state index contributed by atoms with van der Waals surface area (Å²) >= 11 is 0.643. The number of hydrogen-bond donors (Lipinski definition) is 11. The summed E-state index contributed by atoms with van der Waals surface area (Å²) in [7, 11) is -21.3. The molecule has 1 aliphatic rings. The maximum Gasteiger partial charge on any atom is 0.481 e. The van der Waals surface area contributed by atoms with Gasteiger partial charge >= 0.3 is 31.3 Å². The van der Waals surface area contributed by atoms with Gasteiger partial charge in [0, 0.05) is 30.7 Å². The van der Waals surface area contributed by atoms with E-state index in [0.29, 0.717) is 11.8 Å². The van der Waals surface area contributed by atoms with Crippen molar-refractivity contribution >= 4 is 77.0 Å². The van der Waals surface area contributed by atoms with E-state index in [1.54, 1.807) is 0 Å². The number of nitrogens with one attached hydrogen (secondary N) is 2. The van der Waals surface area contributed by atoms with Crippen LogP contribution in [-0.2, 0) is 59.8 Å². The van der Waals surface area contributed by atoms with Gasteiger partial charge in [-0.15, -0.1) is 0 Å². The second-order valence-corrected chi connectivity index (χ2v) is 18.7. The SMILES string of the molecule is CC(C)(COP(=O)(O)OP(=O)(O)OCC1OC(n2cnc3c(N)ncnc32)C(O)C1OP(=O)(O)O)C(O)C(=O)NCCC(=O)NCCSC(=O)COP(=O)(O)O. The summed E-state index contributed by atoms with van der Waals surface area (Å²) in [6.45, 7) is -0.853. The quantitative estimate of drug-likeness (QED) is 0.0440. The fourth-order valence-corrected chi connectivity index (χ4v) is 8.25. The first-order chi connectivity index (χ1) is 25.7. The van der Waals surface area contributed by atoms with Crippen molar-refractivity contribution in [1.82, 2.24) is 30.2 Å². The molecular formula is C23H39N7O21P4S. The minimum Gasteiger partial charge on any atom is -0.386 e. The molecular weight excluding hydrogens is 866 g/mol. The van der Waals surface area contributed by atoms with Crippen molar-refractivity contribution in [2.75, 3.05) is 44.4 Å². The number of nitrogens with zero attached hydrogens (tertiary/aromatic N) is 4. The van der Waals surface area contributed by atoms with Crippen LogP contribution in [0.4, 0.5) is 5.82 Å². The van der Waals surface area contributed by atoms with E-state index in [9.17, 15) is 62.4 Å². The fourth-order valence-electron chi connectivity index (χ4n) is 4.47. The third-order valence-corrected chi connectivity index (χ3v) is 11.5. The molecule has 1 saturated heterocycles. The van der Waals surface area contributed by atoms with E-state index in [2.05, 4.69) is 38.9 Å². The van der Waals surface area contributed by atoms with Gasteiger partial charge in [0.25, 0.3) is 0 Å². The van der Waals surface area contributed by atoms with Gasteiger partial charge < -0.3 is 60.7 Å². The van der Waals surface area contributed by atoms with Crippen molar-refractivity contribution in [2.24, 2.45) is 5.41 Å². The number of carbonyl (C=O) groups is 3. The van der Waals surface area contributed by atoms with Gasteiger partial charge in [-0.2, -0.15) is 4.31 Å². The molecule has 3 rings (SSSR count). The first-order valence-corrected chi connectivity index (χ1v) is 22.5. The number of anilines is 1. The highest BCUT2D eigenvalue weighted by atomic mass is 32.2. The molecule has 318 valence electrons. The smallest absolute Gasteiger partial charge is 0.386 e. The molecule has 2 aromatic rings. The molecule has 0 saturated carbocycles. The highest BCUT2D eigenvalue weighted by molar-refractivity contribution is 8.13. The number of imidazole rings is 1. The van der Waals surface area contributed by atoms with E-state index in [-0.39, 0.29) is 42.2 Å². The average molecular weight is 906 g/mol. The first kappa shape index (κ1) is 48.0. The van der Waals surface area contributed by atoms with Crippen molar-refractivity contribution in [3.8, 4) is 0 Å². The van der Waals surface area contributed by atoms with Crippen LogP contribution in [0.3, 0.4) is 0 Å². The van der Waals surface area contributed by atoms with Crippen molar-refractivity contribution in [2.45, 2.75) is 50.9 Å². The van der Waals surface area contributed by atoms with Crippen molar-refractivity contribution in [3.05, 3.63) is 12.7 Å². The van der Waals surface area contributed by atoms with E-state index in [1.165, 1.54) is 13.8 Å². The molecule has 0 radical (unpaired) electrons. The second kappa shape index (κ2) is 19.6. The molecule has 0 aliphatic carbocycles. The van der Waals surface area contributed by atoms with Gasteiger partial charge in [0.2, 0.25) is 16.9 Å². The van der Waals surface area contributed by atoms with Crippen molar-refractivity contribution < 1.29 is 99.4 Å². The maximum absolute atomic E-state index is 12.6. The summed E-state index contributed by atoms with van der Waals surface area (Å²) in [6, 6.07) is 0. The highest BCUT2D eigenvalue weighted by Gasteiger charge is 2.50. The van der Waals surface area contributed by atoms with Crippen LogP contribution in [-0.4, -0.2) is 139 Å². The Balaban J connectivity index is 1.48. The van der Waals surface area contributed by atoms with Crippen LogP contribution in [0.5, 0.6) is 0 Å². The molecule has 3 heterocycles. The standard InChI is InChI=1S/C23H39N7O21P4S/c1-23(2,18(34)21(35)26-4-3-13(31)25-5-6-56-14(32)8-46-52(36,37)38)9-48-55(44,45)51-54(42,43)47-7-12-17(50-53(39,40)41)16(33)22(49-12)30-11-29-15-19(24)27-10-28-20(15)30/h10-12,16-18,22,33-34H,3-9H2,1-2H3,(H,25,31)(H,26,35)(H,42,43)(H,44,45)(H2,24,27,28)(H2,36,37,38)(H2,39,40,41). The lowest BCUT2D eigenvalue weighted by Gasteiger charge is -2.30. The van der Waals surface area contributed by atoms with Crippen LogP contribution >= 0.6 is 43.1 Å².